The molecule has 0 bridgehead atoms. The lowest BCUT2D eigenvalue weighted by Gasteiger charge is -2.34. The van der Waals surface area contributed by atoms with Crippen molar-refractivity contribution in [1.29, 1.82) is 0 Å². The number of furan rings is 1. The second kappa shape index (κ2) is 6.46. The predicted molar refractivity (Wildman–Crippen MR) is 94.4 cm³/mol. The third-order valence-electron chi connectivity index (χ3n) is 4.51. The molecule has 3 aromatic rings. The third-order valence-corrected chi connectivity index (χ3v) is 4.51. The Labute approximate surface area is 150 Å². The van der Waals surface area contributed by atoms with Gasteiger partial charge in [-0.1, -0.05) is 29.4 Å². The van der Waals surface area contributed by atoms with Gasteiger partial charge in [0.05, 0.1) is 5.54 Å². The molecule has 7 heteroatoms. The smallest absolute Gasteiger partial charge is 0.293 e. The van der Waals surface area contributed by atoms with Crippen LogP contribution in [-0.2, 0) is 5.54 Å². The van der Waals surface area contributed by atoms with Crippen molar-refractivity contribution in [2.75, 3.05) is 0 Å². The van der Waals surface area contributed by atoms with Gasteiger partial charge in [-0.2, -0.15) is 4.98 Å². The van der Waals surface area contributed by atoms with E-state index in [-0.39, 0.29) is 18.2 Å². The molecule has 1 fully saturated rings. The number of benzene rings is 1. The molecule has 25 heavy (non-hydrogen) atoms. The third kappa shape index (κ3) is 3.10. The van der Waals surface area contributed by atoms with Crippen molar-refractivity contribution in [2.45, 2.75) is 31.7 Å². The number of hydrogen-bond donors (Lipinski definition) is 1. The van der Waals surface area contributed by atoms with E-state index in [9.17, 15) is 4.79 Å². The minimum absolute atomic E-state index is 0. The predicted octanol–water partition coefficient (Wildman–Crippen LogP) is 3.96. The van der Waals surface area contributed by atoms with Crippen LogP contribution < -0.4 is 5.73 Å². The van der Waals surface area contributed by atoms with Crippen LogP contribution in [0.15, 0.2) is 45.3 Å². The summed E-state index contributed by atoms with van der Waals surface area (Å²) in [5.41, 5.74) is 7.29. The van der Waals surface area contributed by atoms with Gasteiger partial charge in [0.15, 0.2) is 17.4 Å². The van der Waals surface area contributed by atoms with Gasteiger partial charge in [0.25, 0.3) is 5.89 Å². The quantitative estimate of drug-likeness (QED) is 0.708. The zero-order valence-electron chi connectivity index (χ0n) is 13.7. The number of rotatable bonds is 4. The minimum atomic E-state index is -0.459. The van der Waals surface area contributed by atoms with E-state index in [0.717, 1.165) is 24.8 Å². The van der Waals surface area contributed by atoms with Crippen LogP contribution in [0.1, 0.15) is 42.4 Å². The lowest BCUT2D eigenvalue weighted by atomic mass is 9.77. The molecule has 0 spiro atoms. The number of carbonyl (C=O) groups is 1. The summed E-state index contributed by atoms with van der Waals surface area (Å²) in [6, 6.07) is 10.9. The Morgan fingerprint density at radius 2 is 1.80 bits per heavy atom. The highest BCUT2D eigenvalue weighted by Crippen LogP contribution is 2.38. The molecule has 2 N–H and O–H groups in total. The Bertz CT molecular complexity index is 894. The summed E-state index contributed by atoms with van der Waals surface area (Å²) in [6.45, 7) is 1.54. The molecular weight excluding hydrogens is 342 g/mol. The SMILES string of the molecule is CC(=O)c1ccc(-c2ccc(-c3nc(C4(N)CCC4)no3)o2)cc1.Cl. The van der Waals surface area contributed by atoms with Crippen molar-refractivity contribution in [2.24, 2.45) is 5.73 Å². The van der Waals surface area contributed by atoms with Crippen LogP contribution >= 0.6 is 12.4 Å². The number of hydrogen-bond acceptors (Lipinski definition) is 6. The Morgan fingerprint density at radius 1 is 1.12 bits per heavy atom. The number of nitrogens with zero attached hydrogens (tertiary/aromatic N) is 2. The molecule has 0 aliphatic heterocycles. The van der Waals surface area contributed by atoms with Crippen molar-refractivity contribution >= 4 is 18.2 Å². The molecule has 1 saturated carbocycles. The van der Waals surface area contributed by atoms with Crippen LogP contribution in [0.4, 0.5) is 0 Å². The maximum atomic E-state index is 11.3. The summed E-state index contributed by atoms with van der Waals surface area (Å²) in [6.07, 6.45) is 2.83. The number of nitrogens with two attached hydrogens (primary N) is 1. The standard InChI is InChI=1S/C18H17N3O3.ClH/c1-11(22)12-3-5-13(6-4-12)14-7-8-15(23-14)16-20-17(21-24-16)18(19)9-2-10-18;/h3-8H,2,9-10,19H2,1H3;1H. The molecule has 0 amide bonds. The second-order valence-corrected chi connectivity index (χ2v) is 6.23. The number of carbonyl (C=O) groups excluding carboxylic acids is 1. The molecular formula is C18H18ClN3O3. The van der Waals surface area contributed by atoms with E-state index in [0.29, 0.717) is 28.8 Å². The van der Waals surface area contributed by atoms with Crippen molar-refractivity contribution in [3.8, 4) is 23.0 Å². The molecule has 6 nitrogen and oxygen atoms in total. The first kappa shape index (κ1) is 17.4. The summed E-state index contributed by atoms with van der Waals surface area (Å²) in [4.78, 5) is 15.7. The summed E-state index contributed by atoms with van der Waals surface area (Å²) < 4.78 is 11.1. The molecule has 4 rings (SSSR count). The number of aromatic nitrogens is 2. The summed E-state index contributed by atoms with van der Waals surface area (Å²) in [7, 11) is 0. The van der Waals surface area contributed by atoms with Gasteiger partial charge in [-0.15, -0.1) is 12.4 Å². The van der Waals surface area contributed by atoms with Crippen LogP contribution in [0.2, 0.25) is 0 Å². The van der Waals surface area contributed by atoms with Crippen molar-refractivity contribution < 1.29 is 13.7 Å². The Kier molecular flexibility index (Phi) is 4.49. The van der Waals surface area contributed by atoms with E-state index in [4.69, 9.17) is 14.7 Å². The van der Waals surface area contributed by atoms with Gasteiger partial charge in [-0.25, -0.2) is 0 Å². The summed E-state index contributed by atoms with van der Waals surface area (Å²) >= 11 is 0. The van der Waals surface area contributed by atoms with E-state index in [1.54, 1.807) is 25.1 Å². The van der Waals surface area contributed by atoms with E-state index < -0.39 is 5.54 Å². The first-order chi connectivity index (χ1) is 11.5. The highest BCUT2D eigenvalue weighted by atomic mass is 35.5. The van der Waals surface area contributed by atoms with Crippen molar-refractivity contribution in [3.63, 3.8) is 0 Å². The van der Waals surface area contributed by atoms with Crippen molar-refractivity contribution in [1.82, 2.24) is 10.1 Å². The maximum absolute atomic E-state index is 11.3. The largest absolute Gasteiger partial charge is 0.451 e. The molecule has 1 aliphatic carbocycles. The molecule has 130 valence electrons. The van der Waals surface area contributed by atoms with Gasteiger partial charge < -0.3 is 14.7 Å². The lowest BCUT2D eigenvalue weighted by molar-refractivity contribution is 0.101. The van der Waals surface area contributed by atoms with Gasteiger partial charge in [-0.3, -0.25) is 4.79 Å². The molecule has 0 atom stereocenters. The summed E-state index contributed by atoms with van der Waals surface area (Å²) in [5, 5.41) is 3.99. The fourth-order valence-electron chi connectivity index (χ4n) is 2.78. The number of halogens is 1. The van der Waals surface area contributed by atoms with E-state index >= 15 is 0 Å². The van der Waals surface area contributed by atoms with E-state index in [1.807, 2.05) is 18.2 Å². The van der Waals surface area contributed by atoms with Crippen LogP contribution in [0, 0.1) is 0 Å². The fraction of sp³-hybridized carbons (Fsp3) is 0.278. The zero-order valence-corrected chi connectivity index (χ0v) is 14.5. The van der Waals surface area contributed by atoms with E-state index in [2.05, 4.69) is 10.1 Å². The first-order valence-corrected chi connectivity index (χ1v) is 7.90. The van der Waals surface area contributed by atoms with Crippen LogP contribution in [-0.4, -0.2) is 15.9 Å². The minimum Gasteiger partial charge on any atom is -0.451 e. The van der Waals surface area contributed by atoms with Gasteiger partial charge in [0.2, 0.25) is 0 Å². The average Bonchev–Trinajstić information content (AvgIpc) is 3.22. The molecule has 1 aromatic carbocycles. The van der Waals surface area contributed by atoms with Gasteiger partial charge >= 0.3 is 0 Å². The normalized spacial score (nSPS) is 15.3. The van der Waals surface area contributed by atoms with Crippen LogP contribution in [0.5, 0.6) is 0 Å². The highest BCUT2D eigenvalue weighted by Gasteiger charge is 2.39. The van der Waals surface area contributed by atoms with Crippen LogP contribution in [0.3, 0.4) is 0 Å². The molecule has 1 aliphatic rings. The number of Topliss-reactive ketones (excluding diaryl/α,β-unsaturated/α-hetero) is 1. The van der Waals surface area contributed by atoms with E-state index in [1.165, 1.54) is 0 Å². The molecule has 0 unspecified atom stereocenters. The highest BCUT2D eigenvalue weighted by molar-refractivity contribution is 5.94. The van der Waals surface area contributed by atoms with Gasteiger partial charge in [-0.05, 0) is 38.3 Å². The van der Waals surface area contributed by atoms with Crippen molar-refractivity contribution in [3.05, 3.63) is 47.8 Å². The maximum Gasteiger partial charge on any atom is 0.293 e. The molecule has 0 saturated heterocycles. The number of ketones is 1. The first-order valence-electron chi connectivity index (χ1n) is 7.90. The molecule has 2 aromatic heterocycles. The monoisotopic (exact) mass is 359 g/mol. The molecule has 0 radical (unpaired) electrons. The Balaban J connectivity index is 0.00000182. The van der Waals surface area contributed by atoms with Gasteiger partial charge in [0.1, 0.15) is 5.76 Å². The lowest BCUT2D eigenvalue weighted by Crippen LogP contribution is -2.44. The fourth-order valence-corrected chi connectivity index (χ4v) is 2.78. The summed E-state index contributed by atoms with van der Waals surface area (Å²) in [5.74, 6) is 2.07. The second-order valence-electron chi connectivity index (χ2n) is 6.23. The molecule has 2 heterocycles. The topological polar surface area (TPSA) is 95.2 Å². The average molecular weight is 360 g/mol. The Hall–Kier alpha value is -2.44. The zero-order chi connectivity index (χ0) is 16.7. The van der Waals surface area contributed by atoms with Crippen LogP contribution in [0.25, 0.3) is 23.0 Å². The Morgan fingerprint density at radius 3 is 2.40 bits per heavy atom. The van der Waals surface area contributed by atoms with Gasteiger partial charge in [0, 0.05) is 11.1 Å².